The Bertz CT molecular complexity index is 733. The van der Waals surface area contributed by atoms with Gasteiger partial charge in [-0.3, -0.25) is 5.43 Å². The minimum Gasteiger partial charge on any atom is -0.744 e. The fourth-order valence-corrected chi connectivity index (χ4v) is 1.92. The van der Waals surface area contributed by atoms with Crippen LogP contribution in [-0.4, -0.2) is 19.2 Å². The van der Waals surface area contributed by atoms with Gasteiger partial charge in [-0.1, -0.05) is 18.2 Å². The third-order valence-corrected chi connectivity index (χ3v) is 3.30. The van der Waals surface area contributed by atoms with E-state index in [0.29, 0.717) is 11.3 Å². The van der Waals surface area contributed by atoms with Gasteiger partial charge < -0.3 is 4.55 Å². The van der Waals surface area contributed by atoms with Crippen LogP contribution >= 0.6 is 0 Å². The summed E-state index contributed by atoms with van der Waals surface area (Å²) in [6.45, 7) is 0. The van der Waals surface area contributed by atoms with Gasteiger partial charge in [0.05, 0.1) is 16.8 Å². The van der Waals surface area contributed by atoms with E-state index in [4.69, 9.17) is 0 Å². The molecule has 104 valence electrons. The smallest absolute Gasteiger partial charge is 0.744 e. The van der Waals surface area contributed by atoms with Gasteiger partial charge in [0.2, 0.25) is 0 Å². The first-order valence-electron chi connectivity index (χ1n) is 5.56. The summed E-state index contributed by atoms with van der Waals surface area (Å²) in [4.78, 5) is -0.318. The van der Waals surface area contributed by atoms with Crippen molar-refractivity contribution in [3.63, 3.8) is 0 Å². The van der Waals surface area contributed by atoms with Crippen molar-refractivity contribution in [3.8, 4) is 0 Å². The molecular weight excluding hydrogens is 322 g/mol. The summed E-state index contributed by atoms with van der Waals surface area (Å²) < 4.78 is 45.5. The number of benzene rings is 2. The van der Waals surface area contributed by atoms with Gasteiger partial charge in [-0.05, 0) is 30.3 Å². The summed E-state index contributed by atoms with van der Waals surface area (Å²) in [5.74, 6) is -0.397. The fraction of sp³-hybridized carbons (Fsp3) is 0. The van der Waals surface area contributed by atoms with Crippen LogP contribution < -0.4 is 56.8 Å². The van der Waals surface area contributed by atoms with Crippen molar-refractivity contribution in [1.29, 1.82) is 0 Å². The summed E-state index contributed by atoms with van der Waals surface area (Å²) in [6.07, 6.45) is 1.30. The molecule has 0 heterocycles. The minimum atomic E-state index is -4.45. The first kappa shape index (κ1) is 18.4. The molecular formula is C13H10FKN2O3S. The van der Waals surface area contributed by atoms with Gasteiger partial charge in [-0.2, -0.15) is 5.10 Å². The maximum atomic E-state index is 13.3. The molecule has 0 amide bonds. The van der Waals surface area contributed by atoms with E-state index in [1.807, 2.05) is 0 Å². The van der Waals surface area contributed by atoms with Crippen LogP contribution in [0.1, 0.15) is 5.56 Å². The predicted molar refractivity (Wildman–Crippen MR) is 72.0 cm³/mol. The van der Waals surface area contributed by atoms with Gasteiger partial charge in [0.25, 0.3) is 0 Å². The normalized spacial score (nSPS) is 11.1. The standard InChI is InChI=1S/C13H11FN2O3S.K/c14-13-4-2-1-3-10(13)9-15-16-11-5-7-12(8-6-11)20(17,18)19;/h1-9,16H,(H,17,18,19);/q;+1/p-1/b15-9+;. The van der Waals surface area contributed by atoms with E-state index in [9.17, 15) is 17.4 Å². The Labute approximate surface area is 164 Å². The molecule has 0 unspecified atom stereocenters. The van der Waals surface area contributed by atoms with E-state index in [1.54, 1.807) is 18.2 Å². The molecule has 2 aromatic rings. The van der Waals surface area contributed by atoms with E-state index in [1.165, 1.54) is 36.5 Å². The zero-order valence-corrected chi connectivity index (χ0v) is 15.1. The molecule has 0 radical (unpaired) electrons. The second kappa shape index (κ2) is 8.13. The van der Waals surface area contributed by atoms with Crippen molar-refractivity contribution in [1.82, 2.24) is 0 Å². The molecule has 0 aliphatic carbocycles. The van der Waals surface area contributed by atoms with E-state index in [-0.39, 0.29) is 56.3 Å². The third kappa shape index (κ3) is 5.59. The van der Waals surface area contributed by atoms with Gasteiger partial charge in [0.15, 0.2) is 0 Å². The van der Waals surface area contributed by atoms with E-state index in [0.717, 1.165) is 0 Å². The SMILES string of the molecule is O=S(=O)([O-])c1ccc(N/N=C/c2ccccc2F)cc1.[K+]. The van der Waals surface area contributed by atoms with Gasteiger partial charge >= 0.3 is 51.4 Å². The van der Waals surface area contributed by atoms with Crippen molar-refractivity contribution in [3.05, 3.63) is 59.9 Å². The molecule has 2 rings (SSSR count). The van der Waals surface area contributed by atoms with E-state index >= 15 is 0 Å². The average molecular weight is 332 g/mol. The number of anilines is 1. The number of hydrogen-bond donors (Lipinski definition) is 1. The van der Waals surface area contributed by atoms with Crippen molar-refractivity contribution in [2.75, 3.05) is 5.43 Å². The fourth-order valence-electron chi connectivity index (χ4n) is 1.45. The molecule has 0 fully saturated rings. The third-order valence-electron chi connectivity index (χ3n) is 2.45. The summed E-state index contributed by atoms with van der Waals surface area (Å²) >= 11 is 0. The maximum Gasteiger partial charge on any atom is 1.00 e. The molecule has 0 saturated heterocycles. The van der Waals surface area contributed by atoms with Gasteiger partial charge in [-0.25, -0.2) is 12.8 Å². The van der Waals surface area contributed by atoms with Crippen LogP contribution in [0.15, 0.2) is 58.5 Å². The topological polar surface area (TPSA) is 81.6 Å². The van der Waals surface area contributed by atoms with Crippen LogP contribution in [-0.2, 0) is 10.1 Å². The molecule has 8 heteroatoms. The van der Waals surface area contributed by atoms with Crippen LogP contribution in [0.4, 0.5) is 10.1 Å². The molecule has 0 saturated carbocycles. The van der Waals surface area contributed by atoms with Crippen LogP contribution in [0, 0.1) is 5.82 Å². The number of nitrogens with zero attached hydrogens (tertiary/aromatic N) is 1. The Morgan fingerprint density at radius 3 is 2.29 bits per heavy atom. The van der Waals surface area contributed by atoms with Gasteiger partial charge in [-0.15, -0.1) is 0 Å². The minimum absolute atomic E-state index is 0. The van der Waals surface area contributed by atoms with Crippen molar-refractivity contribution >= 4 is 22.0 Å². The van der Waals surface area contributed by atoms with Crippen LogP contribution in [0.2, 0.25) is 0 Å². The molecule has 0 atom stereocenters. The van der Waals surface area contributed by atoms with E-state index < -0.39 is 15.9 Å². The summed E-state index contributed by atoms with van der Waals surface area (Å²) in [5, 5.41) is 3.82. The van der Waals surface area contributed by atoms with Crippen molar-refractivity contribution in [2.24, 2.45) is 5.10 Å². The van der Waals surface area contributed by atoms with Crippen LogP contribution in [0.3, 0.4) is 0 Å². The summed E-state index contributed by atoms with van der Waals surface area (Å²) in [5.41, 5.74) is 3.40. The molecule has 5 nitrogen and oxygen atoms in total. The molecule has 0 aliphatic heterocycles. The summed E-state index contributed by atoms with van der Waals surface area (Å²) in [6, 6.07) is 11.3. The number of rotatable bonds is 4. The summed E-state index contributed by atoms with van der Waals surface area (Å²) in [7, 11) is -4.45. The molecule has 0 aromatic heterocycles. The molecule has 0 spiro atoms. The zero-order valence-electron chi connectivity index (χ0n) is 11.2. The Morgan fingerprint density at radius 2 is 1.71 bits per heavy atom. The quantitative estimate of drug-likeness (QED) is 0.343. The number of nitrogens with one attached hydrogen (secondary N) is 1. The Kier molecular flexibility index (Phi) is 7.14. The average Bonchev–Trinajstić information content (AvgIpc) is 2.40. The van der Waals surface area contributed by atoms with Crippen LogP contribution in [0.5, 0.6) is 0 Å². The van der Waals surface area contributed by atoms with Gasteiger partial charge in [0.1, 0.15) is 15.9 Å². The predicted octanol–water partition coefficient (Wildman–Crippen LogP) is -0.820. The van der Waals surface area contributed by atoms with E-state index in [2.05, 4.69) is 10.5 Å². The molecule has 21 heavy (non-hydrogen) atoms. The zero-order chi connectivity index (χ0) is 14.6. The van der Waals surface area contributed by atoms with Gasteiger partial charge in [0, 0.05) is 5.56 Å². The largest absolute Gasteiger partial charge is 1.00 e. The maximum absolute atomic E-state index is 13.3. The molecule has 1 N–H and O–H groups in total. The second-order valence-electron chi connectivity index (χ2n) is 3.87. The first-order valence-corrected chi connectivity index (χ1v) is 6.97. The second-order valence-corrected chi connectivity index (χ2v) is 5.25. The molecule has 0 aliphatic rings. The Balaban J connectivity index is 0.00000220. The van der Waals surface area contributed by atoms with Crippen molar-refractivity contribution < 1.29 is 68.7 Å². The first-order chi connectivity index (χ1) is 9.47. The molecule has 0 bridgehead atoms. The Hall–Kier alpha value is -0.614. The number of halogens is 1. The monoisotopic (exact) mass is 332 g/mol. The number of hydrogen-bond acceptors (Lipinski definition) is 5. The van der Waals surface area contributed by atoms with Crippen LogP contribution in [0.25, 0.3) is 0 Å². The molecule has 2 aromatic carbocycles. The van der Waals surface area contributed by atoms with Crippen molar-refractivity contribution in [2.45, 2.75) is 4.90 Å². The number of hydrazone groups is 1. The Morgan fingerprint density at radius 1 is 1.10 bits per heavy atom.